The van der Waals surface area contributed by atoms with E-state index in [9.17, 15) is 9.59 Å². The van der Waals surface area contributed by atoms with Crippen LogP contribution < -0.4 is 15.5 Å². The number of nitrogens with one attached hydrogen (secondary N) is 2. The first-order valence-corrected chi connectivity index (χ1v) is 11.9. The van der Waals surface area contributed by atoms with Crippen LogP contribution in [0.15, 0.2) is 18.3 Å². The number of hydrogen-bond donors (Lipinski definition) is 2. The Bertz CT molecular complexity index is 783. The zero-order chi connectivity index (χ0) is 21.4. The van der Waals surface area contributed by atoms with Crippen molar-refractivity contribution in [3.8, 4) is 0 Å². The second-order valence-corrected chi connectivity index (χ2v) is 10.2. The number of rotatable bonds is 6. The molecule has 1 saturated heterocycles. The van der Waals surface area contributed by atoms with Crippen LogP contribution in [0.4, 0.5) is 5.82 Å². The van der Waals surface area contributed by atoms with Crippen molar-refractivity contribution in [1.29, 1.82) is 0 Å². The molecule has 4 bridgehead atoms. The molecule has 0 radical (unpaired) electrons. The normalized spacial score (nSPS) is 32.5. The van der Waals surface area contributed by atoms with Crippen molar-refractivity contribution >= 4 is 17.6 Å². The van der Waals surface area contributed by atoms with Crippen molar-refractivity contribution in [2.45, 2.75) is 58.0 Å². The fraction of sp³-hybridized carbons (Fsp3) is 0.708. The highest BCUT2D eigenvalue weighted by molar-refractivity contribution is 5.90. The molecule has 2 N–H and O–H groups in total. The van der Waals surface area contributed by atoms with E-state index in [1.165, 1.54) is 19.3 Å². The van der Waals surface area contributed by atoms with Gasteiger partial charge in [-0.2, -0.15) is 0 Å². The second kappa shape index (κ2) is 8.41. The molecule has 5 aliphatic rings. The molecule has 1 unspecified atom stereocenters. The third-order valence-corrected chi connectivity index (χ3v) is 7.87. The Labute approximate surface area is 184 Å². The van der Waals surface area contributed by atoms with Crippen molar-refractivity contribution in [2.75, 3.05) is 31.2 Å². The first-order chi connectivity index (χ1) is 15.0. The molecule has 0 spiro atoms. The van der Waals surface area contributed by atoms with E-state index < -0.39 is 6.04 Å². The highest BCUT2D eigenvalue weighted by atomic mass is 16.5. The highest BCUT2D eigenvalue weighted by Crippen LogP contribution is 2.60. The molecule has 5 fully saturated rings. The molecule has 1 aliphatic heterocycles. The summed E-state index contributed by atoms with van der Waals surface area (Å²) in [6, 6.07) is 3.46. The predicted molar refractivity (Wildman–Crippen MR) is 117 cm³/mol. The summed E-state index contributed by atoms with van der Waals surface area (Å²) in [5.74, 6) is 3.05. The molecule has 0 aromatic carbocycles. The van der Waals surface area contributed by atoms with Crippen LogP contribution in [0.3, 0.4) is 0 Å². The SMILES string of the molecule is CC(NC(=O)C12CC3CC(CC(C3)C1)C2)C(=O)NCc1ccc(N2CCOCC2)nc1. The largest absolute Gasteiger partial charge is 0.378 e. The molecule has 1 aromatic rings. The summed E-state index contributed by atoms with van der Waals surface area (Å²) >= 11 is 0. The number of amides is 2. The number of aromatic nitrogens is 1. The average molecular weight is 427 g/mol. The number of morpholine rings is 1. The number of nitrogens with zero attached hydrogens (tertiary/aromatic N) is 2. The summed E-state index contributed by atoms with van der Waals surface area (Å²) in [7, 11) is 0. The molecule has 1 atom stereocenters. The lowest BCUT2D eigenvalue weighted by Gasteiger charge is -2.55. The van der Waals surface area contributed by atoms with E-state index in [0.717, 1.165) is 56.9 Å². The lowest BCUT2D eigenvalue weighted by Crippen LogP contribution is -2.56. The first kappa shape index (κ1) is 20.7. The Morgan fingerprint density at radius 2 is 1.77 bits per heavy atom. The Balaban J connectivity index is 1.12. The fourth-order valence-electron chi connectivity index (χ4n) is 6.65. The monoisotopic (exact) mass is 426 g/mol. The maximum atomic E-state index is 13.2. The van der Waals surface area contributed by atoms with E-state index in [4.69, 9.17) is 4.74 Å². The smallest absolute Gasteiger partial charge is 0.242 e. The van der Waals surface area contributed by atoms with Crippen molar-refractivity contribution in [2.24, 2.45) is 23.2 Å². The predicted octanol–water partition coefficient (Wildman–Crippen LogP) is 2.26. The van der Waals surface area contributed by atoms with Gasteiger partial charge in [-0.25, -0.2) is 4.98 Å². The van der Waals surface area contributed by atoms with Gasteiger partial charge in [0, 0.05) is 31.2 Å². The van der Waals surface area contributed by atoms with Gasteiger partial charge < -0.3 is 20.3 Å². The molecule has 6 rings (SSSR count). The molecule has 4 saturated carbocycles. The molecule has 4 aliphatic carbocycles. The molecule has 7 nitrogen and oxygen atoms in total. The van der Waals surface area contributed by atoms with Gasteiger partial charge in [-0.15, -0.1) is 0 Å². The Morgan fingerprint density at radius 1 is 1.13 bits per heavy atom. The van der Waals surface area contributed by atoms with Gasteiger partial charge in [0.2, 0.25) is 11.8 Å². The van der Waals surface area contributed by atoms with E-state index >= 15 is 0 Å². The van der Waals surface area contributed by atoms with E-state index in [-0.39, 0.29) is 17.2 Å². The molecule has 7 heteroatoms. The van der Waals surface area contributed by atoms with Crippen LogP contribution >= 0.6 is 0 Å². The number of carbonyl (C=O) groups excluding carboxylic acids is 2. The average Bonchev–Trinajstić information content (AvgIpc) is 2.77. The summed E-state index contributed by atoms with van der Waals surface area (Å²) in [5, 5.41) is 5.99. The van der Waals surface area contributed by atoms with E-state index in [2.05, 4.69) is 20.5 Å². The summed E-state index contributed by atoms with van der Waals surface area (Å²) in [6.07, 6.45) is 8.77. The quantitative estimate of drug-likeness (QED) is 0.729. The van der Waals surface area contributed by atoms with Crippen LogP contribution in [-0.4, -0.2) is 49.1 Å². The molecular formula is C24H34N4O3. The minimum atomic E-state index is -0.527. The molecular weight excluding hydrogens is 392 g/mol. The van der Waals surface area contributed by atoms with Crippen LogP contribution in [0.25, 0.3) is 0 Å². The van der Waals surface area contributed by atoms with Gasteiger partial charge in [-0.1, -0.05) is 6.07 Å². The van der Waals surface area contributed by atoms with Crippen LogP contribution in [0.1, 0.15) is 51.0 Å². The van der Waals surface area contributed by atoms with Crippen molar-refractivity contribution in [3.05, 3.63) is 23.9 Å². The third-order valence-electron chi connectivity index (χ3n) is 7.87. The second-order valence-electron chi connectivity index (χ2n) is 10.2. The Kier molecular flexibility index (Phi) is 5.63. The topological polar surface area (TPSA) is 83.6 Å². The van der Waals surface area contributed by atoms with Gasteiger partial charge >= 0.3 is 0 Å². The molecule has 168 valence electrons. The highest BCUT2D eigenvalue weighted by Gasteiger charge is 2.54. The summed E-state index contributed by atoms with van der Waals surface area (Å²) in [4.78, 5) is 32.5. The van der Waals surface area contributed by atoms with E-state index in [1.807, 2.05) is 18.3 Å². The molecule has 31 heavy (non-hydrogen) atoms. The zero-order valence-electron chi connectivity index (χ0n) is 18.4. The number of anilines is 1. The molecule has 2 amide bonds. The van der Waals surface area contributed by atoms with Gasteiger partial charge in [0.05, 0.1) is 13.2 Å². The zero-order valence-corrected chi connectivity index (χ0v) is 18.4. The molecule has 2 heterocycles. The lowest BCUT2D eigenvalue weighted by molar-refractivity contribution is -0.148. The van der Waals surface area contributed by atoms with Gasteiger partial charge in [-0.3, -0.25) is 9.59 Å². The lowest BCUT2D eigenvalue weighted by atomic mass is 9.49. The van der Waals surface area contributed by atoms with Crippen LogP contribution in [0.5, 0.6) is 0 Å². The van der Waals surface area contributed by atoms with Crippen molar-refractivity contribution < 1.29 is 14.3 Å². The van der Waals surface area contributed by atoms with Crippen LogP contribution in [0, 0.1) is 23.2 Å². The maximum absolute atomic E-state index is 13.2. The Morgan fingerprint density at radius 3 is 2.35 bits per heavy atom. The van der Waals surface area contributed by atoms with Crippen molar-refractivity contribution in [3.63, 3.8) is 0 Å². The number of carbonyl (C=O) groups is 2. The molecule has 1 aromatic heterocycles. The van der Waals surface area contributed by atoms with E-state index in [1.54, 1.807) is 6.92 Å². The van der Waals surface area contributed by atoms with Crippen LogP contribution in [-0.2, 0) is 20.9 Å². The minimum Gasteiger partial charge on any atom is -0.378 e. The van der Waals surface area contributed by atoms with Gasteiger partial charge in [0.15, 0.2) is 0 Å². The standard InChI is InChI=1S/C24H34N4O3/c1-16(27-23(30)24-11-18-8-19(12-24)10-20(9-18)13-24)22(29)26-15-17-2-3-21(25-14-17)28-4-6-31-7-5-28/h2-3,14,16,18-20H,4-13,15H2,1H3,(H,26,29)(H,27,30). The van der Waals surface area contributed by atoms with Crippen molar-refractivity contribution in [1.82, 2.24) is 15.6 Å². The van der Waals surface area contributed by atoms with Crippen LogP contribution in [0.2, 0.25) is 0 Å². The fourth-order valence-corrected chi connectivity index (χ4v) is 6.65. The summed E-state index contributed by atoms with van der Waals surface area (Å²) in [6.45, 7) is 5.35. The number of ether oxygens (including phenoxy) is 1. The summed E-state index contributed by atoms with van der Waals surface area (Å²) < 4.78 is 5.38. The van der Waals surface area contributed by atoms with Gasteiger partial charge in [-0.05, 0) is 74.8 Å². The van der Waals surface area contributed by atoms with Gasteiger partial charge in [0.1, 0.15) is 11.9 Å². The number of hydrogen-bond acceptors (Lipinski definition) is 5. The van der Waals surface area contributed by atoms with E-state index in [0.29, 0.717) is 24.3 Å². The number of pyridine rings is 1. The summed E-state index contributed by atoms with van der Waals surface area (Å²) in [5.41, 5.74) is 0.729. The third kappa shape index (κ3) is 4.29. The first-order valence-electron chi connectivity index (χ1n) is 11.9. The minimum absolute atomic E-state index is 0.103. The maximum Gasteiger partial charge on any atom is 0.242 e. The Hall–Kier alpha value is -2.15. The van der Waals surface area contributed by atoms with Gasteiger partial charge in [0.25, 0.3) is 0 Å².